The van der Waals surface area contributed by atoms with E-state index in [2.05, 4.69) is 15.5 Å². The SMILES string of the molecule is Cc1ccccc1C(=O)NC1CCN(CC(=O)Nc2c(Cl)cccc2Cl)CC1. The Morgan fingerprint density at radius 1 is 1.04 bits per heavy atom. The van der Waals surface area contributed by atoms with Gasteiger partial charge in [-0.25, -0.2) is 0 Å². The fraction of sp³-hybridized carbons (Fsp3) is 0.333. The van der Waals surface area contributed by atoms with Crippen LogP contribution in [-0.2, 0) is 4.79 Å². The lowest BCUT2D eigenvalue weighted by atomic mass is 10.0. The van der Waals surface area contributed by atoms with Crippen LogP contribution in [0.5, 0.6) is 0 Å². The number of likely N-dealkylation sites (tertiary alicyclic amines) is 1. The largest absolute Gasteiger partial charge is 0.349 e. The highest BCUT2D eigenvalue weighted by Gasteiger charge is 2.23. The molecule has 2 aromatic rings. The second kappa shape index (κ2) is 9.41. The maximum Gasteiger partial charge on any atom is 0.251 e. The molecule has 148 valence electrons. The Labute approximate surface area is 175 Å². The average molecular weight is 420 g/mol. The van der Waals surface area contributed by atoms with Crippen molar-refractivity contribution in [3.8, 4) is 0 Å². The number of anilines is 1. The fourth-order valence-electron chi connectivity index (χ4n) is 3.33. The number of hydrogen-bond acceptors (Lipinski definition) is 3. The third-order valence-electron chi connectivity index (χ3n) is 4.91. The minimum atomic E-state index is -0.155. The Kier molecular flexibility index (Phi) is 6.94. The summed E-state index contributed by atoms with van der Waals surface area (Å²) in [6.45, 7) is 3.67. The number of hydrogen-bond donors (Lipinski definition) is 2. The minimum absolute atomic E-state index is 0.0392. The van der Waals surface area contributed by atoms with E-state index in [1.54, 1.807) is 18.2 Å². The monoisotopic (exact) mass is 419 g/mol. The van der Waals surface area contributed by atoms with Gasteiger partial charge in [0.05, 0.1) is 22.3 Å². The summed E-state index contributed by atoms with van der Waals surface area (Å²) in [7, 11) is 0. The highest BCUT2D eigenvalue weighted by atomic mass is 35.5. The third kappa shape index (κ3) is 5.25. The highest BCUT2D eigenvalue weighted by molar-refractivity contribution is 6.39. The molecule has 0 spiro atoms. The molecule has 2 aromatic carbocycles. The van der Waals surface area contributed by atoms with Crippen LogP contribution in [0.2, 0.25) is 10.0 Å². The van der Waals surface area contributed by atoms with Crippen LogP contribution in [0.25, 0.3) is 0 Å². The Morgan fingerprint density at radius 3 is 2.32 bits per heavy atom. The number of carbonyl (C=O) groups is 2. The molecule has 0 bridgehead atoms. The first-order chi connectivity index (χ1) is 13.4. The molecule has 0 aromatic heterocycles. The van der Waals surface area contributed by atoms with Crippen molar-refractivity contribution in [1.29, 1.82) is 0 Å². The third-order valence-corrected chi connectivity index (χ3v) is 5.54. The van der Waals surface area contributed by atoms with E-state index < -0.39 is 0 Å². The standard InChI is InChI=1S/C21H23Cl2N3O2/c1-14-5-2-3-6-16(14)21(28)24-15-9-11-26(12-10-15)13-19(27)25-20-17(22)7-4-8-18(20)23/h2-8,15H,9-13H2,1H3,(H,24,28)(H,25,27). The van der Waals surface area contributed by atoms with Gasteiger partial charge in [-0.2, -0.15) is 0 Å². The molecule has 5 nitrogen and oxygen atoms in total. The van der Waals surface area contributed by atoms with Crippen molar-refractivity contribution in [3.63, 3.8) is 0 Å². The Balaban J connectivity index is 1.47. The molecule has 3 rings (SSSR count). The molecule has 1 aliphatic rings. The number of para-hydroxylation sites is 1. The lowest BCUT2D eigenvalue weighted by Gasteiger charge is -2.32. The van der Waals surface area contributed by atoms with Crippen molar-refractivity contribution >= 4 is 40.7 Å². The molecular formula is C21H23Cl2N3O2. The zero-order chi connectivity index (χ0) is 20.1. The van der Waals surface area contributed by atoms with Crippen molar-refractivity contribution in [2.24, 2.45) is 0 Å². The number of nitrogens with one attached hydrogen (secondary N) is 2. The van der Waals surface area contributed by atoms with Gasteiger partial charge in [0.15, 0.2) is 0 Å². The number of aryl methyl sites for hydroxylation is 1. The highest BCUT2D eigenvalue weighted by Crippen LogP contribution is 2.29. The van der Waals surface area contributed by atoms with Crippen LogP contribution < -0.4 is 10.6 Å². The van der Waals surface area contributed by atoms with Crippen LogP contribution in [0, 0.1) is 6.92 Å². The van der Waals surface area contributed by atoms with Gasteiger partial charge in [0.25, 0.3) is 5.91 Å². The second-order valence-electron chi connectivity index (χ2n) is 6.98. The summed E-state index contributed by atoms with van der Waals surface area (Å²) in [4.78, 5) is 26.8. The summed E-state index contributed by atoms with van der Waals surface area (Å²) in [6.07, 6.45) is 1.61. The topological polar surface area (TPSA) is 61.4 Å². The van der Waals surface area contributed by atoms with Gasteiger partial charge in [0.1, 0.15) is 0 Å². The van der Waals surface area contributed by atoms with Gasteiger partial charge in [-0.3, -0.25) is 14.5 Å². The fourth-order valence-corrected chi connectivity index (χ4v) is 3.82. The first-order valence-corrected chi connectivity index (χ1v) is 10.0. The molecule has 2 amide bonds. The van der Waals surface area contributed by atoms with Crippen LogP contribution in [0.4, 0.5) is 5.69 Å². The zero-order valence-electron chi connectivity index (χ0n) is 15.7. The minimum Gasteiger partial charge on any atom is -0.349 e. The van der Waals surface area contributed by atoms with Crippen molar-refractivity contribution < 1.29 is 9.59 Å². The average Bonchev–Trinajstić information content (AvgIpc) is 2.67. The van der Waals surface area contributed by atoms with Gasteiger partial charge in [-0.05, 0) is 43.5 Å². The molecule has 0 aliphatic carbocycles. The molecule has 0 atom stereocenters. The van der Waals surface area contributed by atoms with E-state index in [1.165, 1.54) is 0 Å². The molecule has 1 saturated heterocycles. The predicted molar refractivity (Wildman–Crippen MR) is 113 cm³/mol. The normalized spacial score (nSPS) is 15.2. The van der Waals surface area contributed by atoms with Crippen molar-refractivity contribution in [3.05, 3.63) is 63.6 Å². The van der Waals surface area contributed by atoms with Gasteiger partial charge in [-0.15, -0.1) is 0 Å². The predicted octanol–water partition coefficient (Wildman–Crippen LogP) is 4.13. The van der Waals surface area contributed by atoms with Crippen molar-refractivity contribution in [2.75, 3.05) is 25.0 Å². The molecule has 0 saturated carbocycles. The number of nitrogens with zero attached hydrogens (tertiary/aromatic N) is 1. The maximum atomic E-state index is 12.4. The molecule has 7 heteroatoms. The van der Waals surface area contributed by atoms with Gasteiger partial charge < -0.3 is 10.6 Å². The van der Waals surface area contributed by atoms with Gasteiger partial charge in [0.2, 0.25) is 5.91 Å². The quantitative estimate of drug-likeness (QED) is 0.765. The summed E-state index contributed by atoms with van der Waals surface area (Å²) in [5.74, 6) is -0.194. The summed E-state index contributed by atoms with van der Waals surface area (Å²) in [6, 6.07) is 12.8. The summed E-state index contributed by atoms with van der Waals surface area (Å²) >= 11 is 12.2. The van der Waals surface area contributed by atoms with Crippen molar-refractivity contribution in [1.82, 2.24) is 10.2 Å². The van der Waals surface area contributed by atoms with Crippen LogP contribution in [0.3, 0.4) is 0 Å². The number of halogens is 2. The number of amides is 2. The number of rotatable bonds is 5. The Bertz CT molecular complexity index is 844. The zero-order valence-corrected chi connectivity index (χ0v) is 17.2. The van der Waals surface area contributed by atoms with Crippen LogP contribution in [0.15, 0.2) is 42.5 Å². The first kappa shape index (κ1) is 20.6. The number of benzene rings is 2. The molecule has 1 heterocycles. The Morgan fingerprint density at radius 2 is 1.68 bits per heavy atom. The molecule has 1 fully saturated rings. The van der Waals surface area contributed by atoms with E-state index in [4.69, 9.17) is 23.2 Å². The smallest absolute Gasteiger partial charge is 0.251 e. The van der Waals surface area contributed by atoms with Gasteiger partial charge >= 0.3 is 0 Å². The van der Waals surface area contributed by atoms with E-state index in [0.717, 1.165) is 31.5 Å². The first-order valence-electron chi connectivity index (χ1n) is 9.26. The summed E-state index contributed by atoms with van der Waals surface area (Å²) in [5, 5.41) is 6.72. The lowest BCUT2D eigenvalue weighted by molar-refractivity contribution is -0.117. The molecule has 0 radical (unpaired) electrons. The van der Waals surface area contributed by atoms with Crippen LogP contribution in [0.1, 0.15) is 28.8 Å². The molecular weight excluding hydrogens is 397 g/mol. The summed E-state index contributed by atoms with van der Waals surface area (Å²) in [5.41, 5.74) is 2.12. The van der Waals surface area contributed by atoms with E-state index in [1.807, 2.05) is 31.2 Å². The van der Waals surface area contributed by atoms with E-state index in [9.17, 15) is 9.59 Å². The van der Waals surface area contributed by atoms with Crippen LogP contribution in [-0.4, -0.2) is 42.4 Å². The maximum absolute atomic E-state index is 12.4. The Hall–Kier alpha value is -2.08. The molecule has 1 aliphatic heterocycles. The molecule has 2 N–H and O–H groups in total. The molecule has 28 heavy (non-hydrogen) atoms. The summed E-state index contributed by atoms with van der Waals surface area (Å²) < 4.78 is 0. The van der Waals surface area contributed by atoms with Gasteiger partial charge in [-0.1, -0.05) is 47.5 Å². The van der Waals surface area contributed by atoms with E-state index >= 15 is 0 Å². The van der Waals surface area contributed by atoms with E-state index in [0.29, 0.717) is 21.3 Å². The second-order valence-corrected chi connectivity index (χ2v) is 7.80. The number of carbonyl (C=O) groups excluding carboxylic acids is 2. The molecule has 0 unspecified atom stereocenters. The number of piperidine rings is 1. The van der Waals surface area contributed by atoms with E-state index in [-0.39, 0.29) is 24.4 Å². The lowest BCUT2D eigenvalue weighted by Crippen LogP contribution is -2.46. The van der Waals surface area contributed by atoms with Crippen molar-refractivity contribution in [2.45, 2.75) is 25.8 Å². The van der Waals surface area contributed by atoms with Gasteiger partial charge in [0, 0.05) is 24.7 Å². The van der Waals surface area contributed by atoms with Crippen LogP contribution >= 0.6 is 23.2 Å².